The molecule has 1 saturated heterocycles. The van der Waals surface area contributed by atoms with Gasteiger partial charge < -0.3 is 9.84 Å². The van der Waals surface area contributed by atoms with Gasteiger partial charge in [0, 0.05) is 29.1 Å². The smallest absolute Gasteiger partial charge is 0.0724 e. The normalized spacial score (nSPS) is 40.1. The zero-order valence-electron chi connectivity index (χ0n) is 10.5. The van der Waals surface area contributed by atoms with Crippen LogP contribution in [0.1, 0.15) is 31.4 Å². The van der Waals surface area contributed by atoms with E-state index in [-0.39, 0.29) is 17.6 Å². The van der Waals surface area contributed by atoms with Crippen molar-refractivity contribution in [3.63, 3.8) is 0 Å². The van der Waals surface area contributed by atoms with Crippen molar-refractivity contribution >= 4 is 0 Å². The number of hydrogen-bond acceptors (Lipinski definition) is 3. The quantitative estimate of drug-likeness (QED) is 0.865. The van der Waals surface area contributed by atoms with E-state index in [0.29, 0.717) is 11.8 Å². The molecule has 2 heterocycles. The molecule has 3 atom stereocenters. The fraction of sp³-hybridized carbons (Fsp3) is 0.667. The highest BCUT2D eigenvalue weighted by molar-refractivity contribution is 5.37. The first-order valence-electron chi connectivity index (χ1n) is 7.00. The SMILES string of the molecule is OCC1(c2ccccn2)C2COC3(CCCC3)C21. The number of fused-ring (bicyclic) bond motifs is 2. The molecule has 3 aliphatic rings. The van der Waals surface area contributed by atoms with E-state index in [2.05, 4.69) is 11.1 Å². The first kappa shape index (κ1) is 10.9. The summed E-state index contributed by atoms with van der Waals surface area (Å²) in [6.45, 7) is 1.02. The van der Waals surface area contributed by atoms with Crippen LogP contribution in [-0.4, -0.2) is 28.9 Å². The van der Waals surface area contributed by atoms with Crippen LogP contribution in [0.15, 0.2) is 24.4 Å². The third-order valence-electron chi connectivity index (χ3n) is 5.48. The molecule has 0 aromatic carbocycles. The molecular weight excluding hydrogens is 226 g/mol. The topological polar surface area (TPSA) is 42.4 Å². The summed E-state index contributed by atoms with van der Waals surface area (Å²) in [5.41, 5.74) is 1.02. The summed E-state index contributed by atoms with van der Waals surface area (Å²) in [6.07, 6.45) is 6.72. The van der Waals surface area contributed by atoms with Crippen molar-refractivity contribution < 1.29 is 9.84 Å². The van der Waals surface area contributed by atoms with Crippen LogP contribution < -0.4 is 0 Å². The van der Waals surface area contributed by atoms with Gasteiger partial charge in [-0.2, -0.15) is 0 Å². The molecule has 0 amide bonds. The van der Waals surface area contributed by atoms with Crippen molar-refractivity contribution in [1.29, 1.82) is 0 Å². The molecule has 1 aromatic rings. The van der Waals surface area contributed by atoms with E-state index in [9.17, 15) is 5.11 Å². The first-order valence-corrected chi connectivity index (χ1v) is 7.00. The number of pyridine rings is 1. The zero-order valence-corrected chi connectivity index (χ0v) is 10.5. The van der Waals surface area contributed by atoms with Gasteiger partial charge in [0.1, 0.15) is 0 Å². The largest absolute Gasteiger partial charge is 0.395 e. The van der Waals surface area contributed by atoms with Crippen LogP contribution in [0.4, 0.5) is 0 Å². The number of aliphatic hydroxyl groups excluding tert-OH is 1. The summed E-state index contributed by atoms with van der Waals surface area (Å²) in [4.78, 5) is 4.51. The van der Waals surface area contributed by atoms with Gasteiger partial charge in [0.05, 0.1) is 18.8 Å². The molecule has 3 nitrogen and oxygen atoms in total. The summed E-state index contributed by atoms with van der Waals surface area (Å²) in [6, 6.07) is 6.03. The minimum absolute atomic E-state index is 0.0604. The highest BCUT2D eigenvalue weighted by Crippen LogP contribution is 2.71. The van der Waals surface area contributed by atoms with E-state index in [4.69, 9.17) is 4.74 Å². The average molecular weight is 245 g/mol. The van der Waals surface area contributed by atoms with Gasteiger partial charge in [-0.1, -0.05) is 18.9 Å². The van der Waals surface area contributed by atoms with Crippen molar-refractivity contribution in [2.75, 3.05) is 13.2 Å². The second kappa shape index (κ2) is 3.55. The molecule has 3 fully saturated rings. The van der Waals surface area contributed by atoms with E-state index in [1.807, 2.05) is 18.3 Å². The van der Waals surface area contributed by atoms with Crippen molar-refractivity contribution in [1.82, 2.24) is 4.98 Å². The highest BCUT2D eigenvalue weighted by atomic mass is 16.5. The van der Waals surface area contributed by atoms with Crippen molar-refractivity contribution in [2.24, 2.45) is 11.8 Å². The number of aliphatic hydroxyl groups is 1. The second-order valence-corrected chi connectivity index (χ2v) is 6.08. The van der Waals surface area contributed by atoms with E-state index in [0.717, 1.165) is 12.3 Å². The first-order chi connectivity index (χ1) is 8.83. The van der Waals surface area contributed by atoms with Gasteiger partial charge in [0.15, 0.2) is 0 Å². The Hall–Kier alpha value is -0.930. The Labute approximate surface area is 107 Å². The minimum atomic E-state index is -0.107. The summed E-state index contributed by atoms with van der Waals surface area (Å²) < 4.78 is 6.10. The van der Waals surface area contributed by atoms with Gasteiger partial charge in [-0.15, -0.1) is 0 Å². The van der Waals surface area contributed by atoms with Crippen molar-refractivity contribution in [3.05, 3.63) is 30.1 Å². The lowest BCUT2D eigenvalue weighted by molar-refractivity contribution is -0.0392. The van der Waals surface area contributed by atoms with Gasteiger partial charge in [-0.3, -0.25) is 4.98 Å². The fourth-order valence-corrected chi connectivity index (χ4v) is 4.66. The summed E-state index contributed by atoms with van der Waals surface area (Å²) in [7, 11) is 0. The maximum Gasteiger partial charge on any atom is 0.0724 e. The van der Waals surface area contributed by atoms with E-state index in [1.165, 1.54) is 25.7 Å². The van der Waals surface area contributed by atoms with Crippen LogP contribution in [0.5, 0.6) is 0 Å². The summed E-state index contributed by atoms with van der Waals surface area (Å²) >= 11 is 0. The Morgan fingerprint density at radius 3 is 2.83 bits per heavy atom. The molecule has 1 spiro atoms. The van der Waals surface area contributed by atoms with Crippen molar-refractivity contribution in [2.45, 2.75) is 36.7 Å². The molecule has 0 radical (unpaired) electrons. The summed E-state index contributed by atoms with van der Waals surface area (Å²) in [5, 5.41) is 9.96. The Morgan fingerprint density at radius 1 is 1.33 bits per heavy atom. The molecule has 4 rings (SSSR count). The van der Waals surface area contributed by atoms with Crippen LogP contribution in [0, 0.1) is 11.8 Å². The minimum Gasteiger partial charge on any atom is -0.395 e. The number of rotatable bonds is 2. The Kier molecular flexibility index (Phi) is 2.16. The average Bonchev–Trinajstić information content (AvgIpc) is 2.75. The van der Waals surface area contributed by atoms with Gasteiger partial charge in [-0.05, 0) is 25.0 Å². The van der Waals surface area contributed by atoms with Crippen LogP contribution in [-0.2, 0) is 10.2 Å². The Bertz CT molecular complexity index is 449. The van der Waals surface area contributed by atoms with Crippen LogP contribution in [0.2, 0.25) is 0 Å². The van der Waals surface area contributed by atoms with Crippen LogP contribution in [0.3, 0.4) is 0 Å². The number of hydrogen-bond donors (Lipinski definition) is 1. The third-order valence-corrected chi connectivity index (χ3v) is 5.48. The zero-order chi connectivity index (χ0) is 12.2. The van der Waals surface area contributed by atoms with E-state index < -0.39 is 0 Å². The lowest BCUT2D eigenvalue weighted by atomic mass is 9.87. The Balaban J connectivity index is 1.73. The standard InChI is InChI=1S/C15H19NO2/c17-10-15(12-5-1-4-8-16-12)11-9-18-14(13(11)15)6-2-3-7-14/h1,4-5,8,11,13,17H,2-3,6-7,9-10H2. The van der Waals surface area contributed by atoms with Crippen LogP contribution >= 0.6 is 0 Å². The van der Waals surface area contributed by atoms with E-state index >= 15 is 0 Å². The number of aromatic nitrogens is 1. The molecular formula is C15H19NO2. The predicted molar refractivity (Wildman–Crippen MR) is 67.1 cm³/mol. The molecule has 18 heavy (non-hydrogen) atoms. The van der Waals surface area contributed by atoms with Gasteiger partial charge in [0.25, 0.3) is 0 Å². The molecule has 3 heteroatoms. The maximum absolute atomic E-state index is 9.96. The molecule has 2 aliphatic carbocycles. The number of ether oxygens (including phenoxy) is 1. The maximum atomic E-state index is 9.96. The van der Waals surface area contributed by atoms with Crippen molar-refractivity contribution in [3.8, 4) is 0 Å². The van der Waals surface area contributed by atoms with Crippen LogP contribution in [0.25, 0.3) is 0 Å². The number of nitrogens with zero attached hydrogens (tertiary/aromatic N) is 1. The monoisotopic (exact) mass is 245 g/mol. The van der Waals surface area contributed by atoms with Gasteiger partial charge in [0.2, 0.25) is 0 Å². The van der Waals surface area contributed by atoms with E-state index in [1.54, 1.807) is 0 Å². The fourth-order valence-electron chi connectivity index (χ4n) is 4.66. The molecule has 96 valence electrons. The Morgan fingerprint density at radius 2 is 2.17 bits per heavy atom. The third kappa shape index (κ3) is 1.14. The highest BCUT2D eigenvalue weighted by Gasteiger charge is 2.77. The molecule has 1 N–H and O–H groups in total. The molecule has 3 unspecified atom stereocenters. The molecule has 1 aliphatic heterocycles. The molecule has 0 bridgehead atoms. The lowest BCUT2D eigenvalue weighted by Gasteiger charge is -2.31. The second-order valence-electron chi connectivity index (χ2n) is 6.08. The lowest BCUT2D eigenvalue weighted by Crippen LogP contribution is -2.36. The van der Waals surface area contributed by atoms with Gasteiger partial charge >= 0.3 is 0 Å². The predicted octanol–water partition coefficient (Wildman–Crippen LogP) is 1.90. The molecule has 1 aromatic heterocycles. The van der Waals surface area contributed by atoms with Gasteiger partial charge in [-0.25, -0.2) is 0 Å². The molecule has 2 saturated carbocycles. The summed E-state index contributed by atoms with van der Waals surface area (Å²) in [5.74, 6) is 0.975.